The van der Waals surface area contributed by atoms with E-state index in [9.17, 15) is 0 Å². The summed E-state index contributed by atoms with van der Waals surface area (Å²) in [5.74, 6) is 2.04. The van der Waals surface area contributed by atoms with Gasteiger partial charge in [0.15, 0.2) is 11.5 Å². The van der Waals surface area contributed by atoms with Gasteiger partial charge >= 0.3 is 0 Å². The summed E-state index contributed by atoms with van der Waals surface area (Å²) in [7, 11) is 4.40. The molecule has 9 rings (SSSR count). The number of benzene rings is 6. The topological polar surface area (TPSA) is 20.6 Å². The van der Waals surface area contributed by atoms with E-state index in [4.69, 9.17) is 4.74 Å². The Labute approximate surface area is 421 Å². The summed E-state index contributed by atoms with van der Waals surface area (Å²) in [6.45, 7) is 57.2. The molecule has 3 heterocycles. The number of aryl methyl sites for hydroxylation is 5. The second kappa shape index (κ2) is 18.2. The Balaban J connectivity index is 0.000000153. The van der Waals surface area contributed by atoms with Crippen LogP contribution in [0.1, 0.15) is 140 Å². The number of fused-ring (bicyclic) bond motifs is 7. The van der Waals surface area contributed by atoms with Gasteiger partial charge in [-0.05, 0) is 307 Å². The minimum Gasteiger partial charge on any atom is -0.452 e. The predicted molar refractivity (Wildman–Crippen MR) is 305 cm³/mol. The van der Waals surface area contributed by atoms with Crippen molar-refractivity contribution in [2.75, 3.05) is 23.4 Å². The van der Waals surface area contributed by atoms with Crippen LogP contribution < -0.4 is 14.5 Å². The molecule has 0 aliphatic carbocycles. The van der Waals surface area contributed by atoms with Crippen molar-refractivity contribution in [1.29, 1.82) is 0 Å². The van der Waals surface area contributed by atoms with Gasteiger partial charge in [-0.2, -0.15) is 0 Å². The molecule has 0 atom stereocenters. The quantitative estimate of drug-likeness (QED) is 0.163. The first-order chi connectivity index (χ1) is 32.1. The average Bonchev–Trinajstić information content (AvgIpc) is 3.65. The van der Waals surface area contributed by atoms with Gasteiger partial charge in [0.1, 0.15) is 0 Å². The van der Waals surface area contributed by atoms with Crippen LogP contribution in [0.15, 0.2) is 9.79 Å². The molecule has 0 unspecified atom stereocenters. The molecule has 6 aromatic carbocycles. The van der Waals surface area contributed by atoms with E-state index in [0.717, 1.165) is 18.0 Å². The van der Waals surface area contributed by atoms with E-state index in [2.05, 4.69) is 202 Å². The summed E-state index contributed by atoms with van der Waals surface area (Å²) in [5.41, 5.74) is 41.6. The molecule has 0 fully saturated rings. The third kappa shape index (κ3) is 7.45. The Morgan fingerprint density at radius 1 is 0.304 bits per heavy atom. The van der Waals surface area contributed by atoms with E-state index < -0.39 is 0 Å². The fraction of sp³-hybridized carbons (Fsp3) is 0.438. The molecule has 366 valence electrons. The Morgan fingerprint density at radius 3 is 0.884 bits per heavy atom. The van der Waals surface area contributed by atoms with Gasteiger partial charge in [0.25, 0.3) is 0 Å². The smallest absolute Gasteiger partial charge is 0.154 e. The Bertz CT molecular complexity index is 3160. The molecule has 7 aromatic rings. The molecule has 0 bridgehead atoms. The van der Waals surface area contributed by atoms with E-state index in [0.29, 0.717) is 0 Å². The maximum atomic E-state index is 6.50. The zero-order valence-corrected chi connectivity index (χ0v) is 48.7. The highest BCUT2D eigenvalue weighted by molar-refractivity contribution is 7.99. The number of hydrogen-bond acceptors (Lipinski definition) is 4. The largest absolute Gasteiger partial charge is 0.452 e. The van der Waals surface area contributed by atoms with Crippen LogP contribution in [0.2, 0.25) is 0 Å². The van der Waals surface area contributed by atoms with Crippen molar-refractivity contribution in [2.24, 2.45) is 7.05 Å². The van der Waals surface area contributed by atoms with Gasteiger partial charge in [-0.25, -0.2) is 0 Å². The zero-order valence-electron chi connectivity index (χ0n) is 47.9. The maximum absolute atomic E-state index is 6.50. The number of aromatic nitrogens is 1. The molecule has 0 saturated carbocycles. The number of rotatable bonds is 1. The average molecular weight is 942 g/mol. The van der Waals surface area contributed by atoms with Crippen LogP contribution in [0.4, 0.5) is 22.7 Å². The first-order valence-corrected chi connectivity index (χ1v) is 26.1. The van der Waals surface area contributed by atoms with E-state index in [1.165, 1.54) is 188 Å². The van der Waals surface area contributed by atoms with Crippen molar-refractivity contribution in [3.05, 3.63) is 134 Å². The van der Waals surface area contributed by atoms with E-state index in [-0.39, 0.29) is 0 Å². The fourth-order valence-corrected chi connectivity index (χ4v) is 13.4. The number of ether oxygens (including phenoxy) is 1. The molecule has 0 spiro atoms. The lowest BCUT2D eigenvalue weighted by atomic mass is 9.90. The summed E-state index contributed by atoms with van der Waals surface area (Å²) in [6, 6.07) is 0. The van der Waals surface area contributed by atoms with Crippen LogP contribution in [0, 0.1) is 166 Å². The number of anilines is 4. The highest BCUT2D eigenvalue weighted by Gasteiger charge is 2.33. The Morgan fingerprint density at radius 2 is 0.565 bits per heavy atom. The third-order valence-corrected chi connectivity index (χ3v) is 20.0. The van der Waals surface area contributed by atoms with Gasteiger partial charge in [0.05, 0.1) is 33.8 Å². The Kier molecular flexibility index (Phi) is 13.7. The van der Waals surface area contributed by atoms with Gasteiger partial charge < -0.3 is 19.1 Å². The summed E-state index contributed by atoms with van der Waals surface area (Å²) >= 11 is 1.99. The first-order valence-electron chi connectivity index (χ1n) is 25.3. The van der Waals surface area contributed by atoms with Gasteiger partial charge in [-0.3, -0.25) is 0 Å². The molecule has 4 nitrogen and oxygen atoms in total. The van der Waals surface area contributed by atoms with Gasteiger partial charge in [-0.1, -0.05) is 11.8 Å². The predicted octanol–water partition coefficient (Wildman–Crippen LogP) is 18.6. The van der Waals surface area contributed by atoms with Gasteiger partial charge in [-0.15, -0.1) is 0 Å². The molecule has 1 aromatic heterocycles. The molecule has 0 radical (unpaired) electrons. The van der Waals surface area contributed by atoms with Crippen molar-refractivity contribution >= 4 is 56.3 Å². The standard InChI is InChI=1S/C22H29NS.C21H27NO.C21H27N/c1-10-23-19-15(6)11(2)13(4)17(8)21(19)24-22-18(9)14(5)12(3)16(7)20(22)23;1-10-12(3)16(7)20-18(14(10)5)22(9)19-15(6)11(2)13(4)17(8)21(19)23-20;1-10-12(3)16(7)20-18(14(10)5)19-15(6)11(2)13(4)17(8)21(19)22(20)9/h10H2,1-9H3;1-9H3;1-9H3. The number of nitrogens with zero attached hydrogens (tertiary/aromatic N) is 3. The van der Waals surface area contributed by atoms with Crippen LogP contribution in [0.3, 0.4) is 0 Å². The normalized spacial score (nSPS) is 12.6. The molecular weight excluding hydrogens is 859 g/mol. The minimum absolute atomic E-state index is 1.01. The second-order valence-electron chi connectivity index (χ2n) is 21.2. The van der Waals surface area contributed by atoms with Crippen LogP contribution in [0.5, 0.6) is 11.5 Å². The lowest BCUT2D eigenvalue weighted by molar-refractivity contribution is 0.465. The van der Waals surface area contributed by atoms with Crippen molar-refractivity contribution in [3.8, 4) is 11.5 Å². The summed E-state index contributed by atoms with van der Waals surface area (Å²) in [5, 5.41) is 2.92. The molecule has 0 N–H and O–H groups in total. The monoisotopic (exact) mass is 942 g/mol. The highest BCUT2D eigenvalue weighted by Crippen LogP contribution is 2.56. The van der Waals surface area contributed by atoms with Gasteiger partial charge in [0, 0.05) is 41.2 Å². The lowest BCUT2D eigenvalue weighted by Crippen LogP contribution is -2.24. The fourth-order valence-electron chi connectivity index (χ4n) is 11.9. The molecule has 2 aliphatic rings. The van der Waals surface area contributed by atoms with E-state index in [1.54, 1.807) is 0 Å². The second-order valence-corrected chi connectivity index (χ2v) is 22.2. The molecule has 5 heteroatoms. The molecule has 0 amide bonds. The zero-order chi connectivity index (χ0) is 51.6. The molecule has 0 saturated heterocycles. The molecule has 2 aliphatic heterocycles. The van der Waals surface area contributed by atoms with Crippen molar-refractivity contribution in [1.82, 2.24) is 4.57 Å². The van der Waals surface area contributed by atoms with Crippen LogP contribution in [-0.4, -0.2) is 18.2 Å². The summed E-state index contributed by atoms with van der Waals surface area (Å²) in [4.78, 5) is 7.80. The SMILES string of the molecule is CCN1c2c(C)c(C)c(C)c(C)c2Sc2c(C)c(C)c(C)c(C)c21.Cc1c(C)c(C)c2c(c1C)Oc1c(C)c(C)c(C)c(C)c1N2C.Cc1c(C)c(C)c2c(c1C)c1c(C)c(C)c(C)c(C)c1n2C. The third-order valence-electron chi connectivity index (χ3n) is 18.6. The maximum Gasteiger partial charge on any atom is 0.154 e. The van der Waals surface area contributed by atoms with Crippen molar-refractivity contribution in [2.45, 2.75) is 183 Å². The lowest BCUT2D eigenvalue weighted by Gasteiger charge is -2.38. The van der Waals surface area contributed by atoms with Gasteiger partial charge in [0.2, 0.25) is 0 Å². The van der Waals surface area contributed by atoms with E-state index in [1.807, 2.05) is 11.8 Å². The summed E-state index contributed by atoms with van der Waals surface area (Å²) in [6.07, 6.45) is 0. The molecule has 69 heavy (non-hydrogen) atoms. The van der Waals surface area contributed by atoms with Crippen molar-refractivity contribution in [3.63, 3.8) is 0 Å². The first kappa shape index (κ1) is 51.7. The van der Waals surface area contributed by atoms with Crippen molar-refractivity contribution < 1.29 is 4.74 Å². The molecular formula is C64H83N3OS. The van der Waals surface area contributed by atoms with Crippen LogP contribution in [-0.2, 0) is 7.05 Å². The minimum atomic E-state index is 1.01. The summed E-state index contributed by atoms with van der Waals surface area (Å²) < 4.78 is 8.93. The Hall–Kier alpha value is -5.13. The van der Waals surface area contributed by atoms with Crippen LogP contribution in [0.25, 0.3) is 21.8 Å². The van der Waals surface area contributed by atoms with E-state index >= 15 is 0 Å². The highest BCUT2D eigenvalue weighted by atomic mass is 32.2. The van der Waals surface area contributed by atoms with Crippen LogP contribution >= 0.6 is 11.8 Å². The number of hydrogen-bond donors (Lipinski definition) is 0.